The van der Waals surface area contributed by atoms with Gasteiger partial charge in [-0.05, 0) is 136 Å². The first-order valence-corrected chi connectivity index (χ1v) is 26.6. The first-order chi connectivity index (χ1) is 37.8. The Hall–Kier alpha value is -8.89. The van der Waals surface area contributed by atoms with E-state index in [-0.39, 0.29) is 38.3 Å². The first-order valence-electron chi connectivity index (χ1n) is 26.6. The molecule has 1 aliphatic heterocycles. The fourth-order valence-corrected chi connectivity index (χ4v) is 13.0. The van der Waals surface area contributed by atoms with Gasteiger partial charge in [0.2, 0.25) is 0 Å². The van der Waals surface area contributed by atoms with E-state index < -0.39 is 0 Å². The monoisotopic (exact) mass is 1180 g/mol. The number of hydrogen-bond acceptors (Lipinski definition) is 2. The van der Waals surface area contributed by atoms with Crippen LogP contribution in [0.1, 0.15) is 71.6 Å². The molecule has 3 aromatic heterocycles. The van der Waals surface area contributed by atoms with Crippen LogP contribution in [0.3, 0.4) is 0 Å². The molecular weight excluding hydrogens is 1130 g/mol. The molecule has 0 fully saturated rings. The summed E-state index contributed by atoms with van der Waals surface area (Å²) in [6, 6.07) is 87.0. The molecule has 78 heavy (non-hydrogen) atoms. The maximum Gasteiger partial charge on any atom is 0.268 e. The third-order valence-corrected chi connectivity index (χ3v) is 16.5. The normalized spacial score (nSPS) is 14.5. The van der Waals surface area contributed by atoms with Gasteiger partial charge in [-0.1, -0.05) is 178 Å². The zero-order valence-corrected chi connectivity index (χ0v) is 45.3. The van der Waals surface area contributed by atoms with Crippen molar-refractivity contribution in [2.24, 2.45) is 0 Å². The molecule has 0 saturated heterocycles. The first kappa shape index (κ1) is 46.4. The zero-order chi connectivity index (χ0) is 51.1. The summed E-state index contributed by atoms with van der Waals surface area (Å²) < 4.78 is 13.3. The van der Waals surface area contributed by atoms with Crippen molar-refractivity contribution < 1.29 is 30.4 Å². The topological polar surface area (TPSA) is 35.9 Å². The number of aromatic nitrogens is 4. The molecule has 2 bridgehead atoms. The quantitative estimate of drug-likeness (QED) is 0.127. The number of hydrogen-bond donors (Lipinski definition) is 0. The molecule has 0 unspecified atom stereocenters. The summed E-state index contributed by atoms with van der Waals surface area (Å²) in [6.45, 7) is 6.69. The van der Waals surface area contributed by atoms with E-state index >= 15 is 0 Å². The van der Waals surface area contributed by atoms with Gasteiger partial charge in [0.15, 0.2) is 0 Å². The standard InChI is InChI=1S/C72H48N4O.Pt/c1-72(2,3)46-36-37-73-68(40-46)76-65-28-13-11-21-54(65)55-35-32-49(42-67(55)76)77-48-17-14-16-47(41-48)74-43-75-64-27-12-10-20-53(64)50-18-4-5-19-51(50)62-38-44(30-33-52(62)61-26-15-29-66(74)71(61)75)45-31-34-60-63(39-45)70-58-24-8-6-22-56(58)69(60)57-23-7-9-25-59(57)70;/h4-40,69-70H,1-3H3;/q-2;. The second-order valence-electron chi connectivity index (χ2n) is 21.8. The number of imidazole rings is 1. The molecule has 0 amide bonds. The molecule has 0 N–H and O–H groups in total. The molecule has 10 aromatic carbocycles. The Kier molecular flexibility index (Phi) is 10.5. The summed E-state index contributed by atoms with van der Waals surface area (Å²) in [5, 5.41) is 2.22. The molecule has 13 aromatic rings. The minimum absolute atomic E-state index is 0. The smallest absolute Gasteiger partial charge is 0.268 e. The van der Waals surface area contributed by atoms with E-state index in [9.17, 15) is 0 Å². The number of ether oxygens (including phenoxy) is 1. The van der Waals surface area contributed by atoms with Gasteiger partial charge in [-0.25, -0.2) is 4.98 Å². The SMILES string of the molecule is CC(C)(C)c1ccnc(-n2c3[c-]c(Oc4[c-]c(-n5[c-][n+]6c7c(cccc75)-c5ccc(-c7ccc8c(c7)C7c9ccccc9C8c8ccccc87)cc5-c5ccccc5-c5ccccc5-6)ccc4)ccc3c3ccccc32)c1.[Pt]. The molecule has 0 atom stereocenters. The van der Waals surface area contributed by atoms with E-state index in [1.807, 2.05) is 24.4 Å². The minimum Gasteiger partial charge on any atom is -0.510 e. The van der Waals surface area contributed by atoms with Crippen molar-refractivity contribution in [3.8, 4) is 73.2 Å². The molecular formula is C72H48N4OPt-2. The van der Waals surface area contributed by atoms with Crippen molar-refractivity contribution in [2.75, 3.05) is 0 Å². The molecule has 3 aliphatic carbocycles. The Balaban J connectivity index is 0.00000529. The van der Waals surface area contributed by atoms with E-state index in [1.54, 1.807) is 0 Å². The Morgan fingerprint density at radius 2 is 1.08 bits per heavy atom. The largest absolute Gasteiger partial charge is 0.510 e. The average molecular weight is 1180 g/mol. The van der Waals surface area contributed by atoms with Crippen molar-refractivity contribution in [2.45, 2.75) is 38.0 Å². The van der Waals surface area contributed by atoms with Gasteiger partial charge < -0.3 is 13.9 Å². The van der Waals surface area contributed by atoms with Crippen molar-refractivity contribution in [1.82, 2.24) is 14.1 Å². The number of nitrogens with zero attached hydrogens (tertiary/aromatic N) is 4. The summed E-state index contributed by atoms with van der Waals surface area (Å²) in [6.07, 6.45) is 5.76. The molecule has 0 saturated carbocycles. The second-order valence-corrected chi connectivity index (χ2v) is 21.8. The number of rotatable bonds is 5. The zero-order valence-electron chi connectivity index (χ0n) is 43.0. The van der Waals surface area contributed by atoms with Crippen LogP contribution in [0.15, 0.2) is 225 Å². The van der Waals surface area contributed by atoms with Crippen LogP contribution in [0.2, 0.25) is 0 Å². The molecule has 0 spiro atoms. The van der Waals surface area contributed by atoms with Crippen LogP contribution in [0, 0.1) is 18.5 Å². The molecule has 6 heteroatoms. The van der Waals surface area contributed by atoms with Crippen LogP contribution in [-0.4, -0.2) is 14.1 Å². The van der Waals surface area contributed by atoms with E-state index in [0.29, 0.717) is 11.5 Å². The van der Waals surface area contributed by atoms with Crippen LogP contribution in [0.4, 0.5) is 0 Å². The second kappa shape index (κ2) is 17.6. The third kappa shape index (κ3) is 6.97. The van der Waals surface area contributed by atoms with Gasteiger partial charge >= 0.3 is 0 Å². The maximum absolute atomic E-state index is 6.74. The predicted molar refractivity (Wildman–Crippen MR) is 309 cm³/mol. The molecule has 0 radical (unpaired) electrons. The Labute approximate surface area is 467 Å². The van der Waals surface area contributed by atoms with Gasteiger partial charge in [-0.3, -0.25) is 4.57 Å². The van der Waals surface area contributed by atoms with Crippen LogP contribution in [-0.2, 0) is 26.5 Å². The van der Waals surface area contributed by atoms with Crippen molar-refractivity contribution in [3.05, 3.63) is 282 Å². The number of pyridine rings is 1. The van der Waals surface area contributed by atoms with E-state index in [1.165, 1.54) is 66.8 Å². The molecule has 17 rings (SSSR count). The fraction of sp³-hybridized carbons (Fsp3) is 0.0833. The number of benzene rings is 10. The molecule has 4 heterocycles. The van der Waals surface area contributed by atoms with E-state index in [2.05, 4.69) is 253 Å². The predicted octanol–water partition coefficient (Wildman–Crippen LogP) is 16.9. The molecule has 4 aliphatic rings. The fourth-order valence-electron chi connectivity index (χ4n) is 13.0. The Morgan fingerprint density at radius 1 is 0.474 bits per heavy atom. The van der Waals surface area contributed by atoms with Gasteiger partial charge in [0.1, 0.15) is 5.82 Å². The number of para-hydroxylation sites is 3. The summed E-state index contributed by atoms with van der Waals surface area (Å²) >= 11 is 0. The van der Waals surface area contributed by atoms with Gasteiger partial charge in [0.05, 0.1) is 16.7 Å². The maximum atomic E-state index is 6.74. The third-order valence-electron chi connectivity index (χ3n) is 16.5. The van der Waals surface area contributed by atoms with Crippen LogP contribution in [0.25, 0.3) is 94.5 Å². The summed E-state index contributed by atoms with van der Waals surface area (Å²) in [4.78, 5) is 4.89. The summed E-state index contributed by atoms with van der Waals surface area (Å²) in [5.41, 5.74) is 25.0. The Bertz CT molecular complexity index is 4580. The van der Waals surface area contributed by atoms with Crippen LogP contribution in [0.5, 0.6) is 11.5 Å². The van der Waals surface area contributed by atoms with Gasteiger partial charge in [-0.2, -0.15) is 18.2 Å². The van der Waals surface area contributed by atoms with Crippen molar-refractivity contribution in [3.63, 3.8) is 0 Å². The van der Waals surface area contributed by atoms with E-state index in [0.717, 1.165) is 66.7 Å². The minimum atomic E-state index is -0.0377. The van der Waals surface area contributed by atoms with Gasteiger partial charge in [0.25, 0.3) is 6.33 Å². The average Bonchev–Trinajstić information content (AvgIpc) is 4.18. The van der Waals surface area contributed by atoms with Gasteiger partial charge in [-0.15, -0.1) is 29.7 Å². The summed E-state index contributed by atoms with van der Waals surface area (Å²) in [5.74, 6) is 2.45. The summed E-state index contributed by atoms with van der Waals surface area (Å²) in [7, 11) is 0. The van der Waals surface area contributed by atoms with Crippen LogP contribution >= 0.6 is 0 Å². The van der Waals surface area contributed by atoms with Crippen molar-refractivity contribution in [1.29, 1.82) is 0 Å². The van der Waals surface area contributed by atoms with Gasteiger partial charge in [0, 0.05) is 56.1 Å². The number of fused-ring (bicyclic) bond motifs is 10. The Morgan fingerprint density at radius 3 is 1.86 bits per heavy atom. The van der Waals surface area contributed by atoms with E-state index in [4.69, 9.17) is 9.72 Å². The molecule has 5 nitrogen and oxygen atoms in total. The van der Waals surface area contributed by atoms with Crippen LogP contribution < -0.4 is 9.30 Å². The molecule has 374 valence electrons. The van der Waals surface area contributed by atoms with Crippen molar-refractivity contribution >= 4 is 32.8 Å².